The monoisotopic (exact) mass is 393 g/mol. The number of carbonyl (C=O) groups is 1. The summed E-state index contributed by atoms with van der Waals surface area (Å²) < 4.78 is 8.98. The van der Waals surface area contributed by atoms with Crippen LogP contribution in [-0.2, 0) is 20.9 Å². The van der Waals surface area contributed by atoms with E-state index in [0.717, 1.165) is 11.1 Å². The highest BCUT2D eigenvalue weighted by Crippen LogP contribution is 2.27. The number of rotatable bonds is 6. The van der Waals surface area contributed by atoms with E-state index < -0.39 is 9.76 Å². The Hall–Kier alpha value is -0.720. The first-order valence-corrected chi connectivity index (χ1v) is 8.85. The van der Waals surface area contributed by atoms with Crippen LogP contribution in [0.25, 0.3) is 0 Å². The Labute approximate surface area is 153 Å². The molecule has 23 heavy (non-hydrogen) atoms. The molecule has 0 saturated carbocycles. The van der Waals surface area contributed by atoms with Gasteiger partial charge in [0.15, 0.2) is 5.70 Å². The first-order valence-electron chi connectivity index (χ1n) is 6.67. The van der Waals surface area contributed by atoms with E-state index in [0.29, 0.717) is 12.4 Å². The van der Waals surface area contributed by atoms with E-state index in [1.54, 1.807) is 5.55 Å². The molecule has 4 nitrogen and oxygen atoms in total. The van der Waals surface area contributed by atoms with Crippen molar-refractivity contribution in [2.75, 3.05) is 19.0 Å². The molecule has 1 aliphatic heterocycles. The first-order chi connectivity index (χ1) is 11.0. The van der Waals surface area contributed by atoms with Crippen LogP contribution in [0, 0.1) is 0 Å². The van der Waals surface area contributed by atoms with Crippen LogP contribution < -0.4 is 0 Å². The van der Waals surface area contributed by atoms with Gasteiger partial charge in [0, 0.05) is 5.75 Å². The minimum atomic E-state index is -1.65. The van der Waals surface area contributed by atoms with Crippen LogP contribution in [0.1, 0.15) is 5.56 Å². The van der Waals surface area contributed by atoms with Gasteiger partial charge >= 0.3 is 5.97 Å². The lowest BCUT2D eigenvalue weighted by atomic mass is 10.2. The number of esters is 1. The maximum atomic E-state index is 12.1. The molecular weight excluding hydrogens is 381 g/mol. The van der Waals surface area contributed by atoms with Gasteiger partial charge in [-0.05, 0) is 11.1 Å². The number of carbonyl (C=O) groups excluding carboxylic acids is 1. The number of nitrogens with zero attached hydrogens (tertiary/aromatic N) is 1. The summed E-state index contributed by atoms with van der Waals surface area (Å²) in [5.74, 6) is -0.0116. The normalized spacial score (nSPS) is 14.9. The molecular formula is C15H14Cl3NO3S. The third-order valence-corrected chi connectivity index (χ3v) is 3.89. The molecule has 8 heteroatoms. The van der Waals surface area contributed by atoms with Crippen LogP contribution in [0.4, 0.5) is 0 Å². The van der Waals surface area contributed by atoms with Gasteiger partial charge in [0.2, 0.25) is 3.79 Å². The van der Waals surface area contributed by atoms with E-state index in [4.69, 9.17) is 44.3 Å². The maximum absolute atomic E-state index is 12.1. The SMILES string of the molecule is O=C(OCC(Cl)(Cl)Cl)C1=C(COCc2ccccc2)CSC=N1. The lowest BCUT2D eigenvalue weighted by molar-refractivity contribution is -0.139. The fourth-order valence-electron chi connectivity index (χ4n) is 1.78. The molecule has 1 aliphatic rings. The Bertz CT molecular complexity index is 600. The van der Waals surface area contributed by atoms with Gasteiger partial charge in [0.05, 0.1) is 18.8 Å². The maximum Gasteiger partial charge on any atom is 0.357 e. The zero-order valence-corrected chi connectivity index (χ0v) is 15.1. The summed E-state index contributed by atoms with van der Waals surface area (Å²) in [6.45, 7) is 0.410. The molecule has 0 unspecified atom stereocenters. The molecule has 1 heterocycles. The standard InChI is InChI=1S/C15H14Cl3NO3S/c16-15(17,18)9-22-14(20)13-12(8-23-10-19-13)7-21-6-11-4-2-1-3-5-11/h1-5,10H,6-9H2. The van der Waals surface area contributed by atoms with Gasteiger partial charge in [0.25, 0.3) is 0 Å². The molecule has 0 atom stereocenters. The average molecular weight is 395 g/mol. The molecule has 0 N–H and O–H groups in total. The Morgan fingerprint density at radius 1 is 1.22 bits per heavy atom. The number of thioether (sulfide) groups is 1. The highest BCUT2D eigenvalue weighted by atomic mass is 35.6. The summed E-state index contributed by atoms with van der Waals surface area (Å²) in [7, 11) is 0. The van der Waals surface area contributed by atoms with Gasteiger partial charge in [0.1, 0.15) is 6.61 Å². The van der Waals surface area contributed by atoms with Crippen molar-refractivity contribution >= 4 is 58.1 Å². The Morgan fingerprint density at radius 3 is 2.65 bits per heavy atom. The number of hydrogen-bond acceptors (Lipinski definition) is 5. The Morgan fingerprint density at radius 2 is 1.96 bits per heavy atom. The molecule has 0 aromatic heterocycles. The van der Waals surface area contributed by atoms with E-state index in [1.165, 1.54) is 11.8 Å². The molecule has 0 radical (unpaired) electrons. The summed E-state index contributed by atoms with van der Waals surface area (Å²) in [5.41, 5.74) is 3.61. The van der Waals surface area contributed by atoms with Crippen LogP contribution in [0.2, 0.25) is 0 Å². The number of halogens is 3. The van der Waals surface area contributed by atoms with Crippen molar-refractivity contribution in [1.82, 2.24) is 0 Å². The molecule has 0 fully saturated rings. The molecule has 0 spiro atoms. The Kier molecular flexibility index (Phi) is 7.24. The molecule has 0 aliphatic carbocycles. The molecule has 2 rings (SSSR count). The second-order valence-electron chi connectivity index (χ2n) is 4.67. The van der Waals surface area contributed by atoms with Crippen LogP contribution >= 0.6 is 46.6 Å². The number of hydrogen-bond donors (Lipinski definition) is 0. The van der Waals surface area contributed by atoms with Crippen LogP contribution in [0.15, 0.2) is 46.6 Å². The van der Waals surface area contributed by atoms with E-state index in [1.807, 2.05) is 30.3 Å². The van der Waals surface area contributed by atoms with E-state index in [2.05, 4.69) is 4.99 Å². The van der Waals surface area contributed by atoms with Crippen molar-refractivity contribution in [3.8, 4) is 0 Å². The molecule has 0 amide bonds. The van der Waals surface area contributed by atoms with Crippen molar-refractivity contribution in [3.63, 3.8) is 0 Å². The van der Waals surface area contributed by atoms with Crippen molar-refractivity contribution in [1.29, 1.82) is 0 Å². The summed E-state index contributed by atoms with van der Waals surface area (Å²) >= 11 is 18.2. The van der Waals surface area contributed by atoms with Gasteiger partial charge in [-0.1, -0.05) is 65.1 Å². The molecule has 0 saturated heterocycles. The summed E-state index contributed by atoms with van der Waals surface area (Å²) in [6.07, 6.45) is 0. The Balaban J connectivity index is 1.94. The predicted octanol–water partition coefficient (Wildman–Crippen LogP) is 4.15. The van der Waals surface area contributed by atoms with Crippen LogP contribution in [-0.4, -0.2) is 34.3 Å². The van der Waals surface area contributed by atoms with Crippen molar-refractivity contribution < 1.29 is 14.3 Å². The molecule has 0 bridgehead atoms. The highest BCUT2D eigenvalue weighted by Gasteiger charge is 2.25. The second-order valence-corrected chi connectivity index (χ2v) is 8.02. The lowest BCUT2D eigenvalue weighted by Crippen LogP contribution is -2.20. The number of alkyl halides is 3. The van der Waals surface area contributed by atoms with Crippen molar-refractivity contribution in [2.24, 2.45) is 4.99 Å². The zero-order chi connectivity index (χ0) is 16.7. The fraction of sp³-hybridized carbons (Fsp3) is 0.333. The molecule has 1 aromatic rings. The van der Waals surface area contributed by atoms with Crippen molar-refractivity contribution in [3.05, 3.63) is 47.2 Å². The minimum absolute atomic E-state index is 0.214. The van der Waals surface area contributed by atoms with Gasteiger partial charge in [-0.3, -0.25) is 0 Å². The number of ether oxygens (including phenoxy) is 2. The second kappa shape index (κ2) is 8.94. The fourth-order valence-corrected chi connectivity index (χ4v) is 2.62. The smallest absolute Gasteiger partial charge is 0.357 e. The summed E-state index contributed by atoms with van der Waals surface area (Å²) in [4.78, 5) is 16.1. The number of aliphatic imine (C=N–C) groups is 1. The number of benzene rings is 1. The van der Waals surface area contributed by atoms with Crippen LogP contribution in [0.5, 0.6) is 0 Å². The first kappa shape index (κ1) is 18.6. The van der Waals surface area contributed by atoms with E-state index in [9.17, 15) is 4.79 Å². The average Bonchev–Trinajstić information content (AvgIpc) is 2.53. The topological polar surface area (TPSA) is 47.9 Å². The largest absolute Gasteiger partial charge is 0.456 e. The highest BCUT2D eigenvalue weighted by molar-refractivity contribution is 8.12. The summed E-state index contributed by atoms with van der Waals surface area (Å²) in [5, 5.41) is 0. The lowest BCUT2D eigenvalue weighted by Gasteiger charge is -2.16. The quantitative estimate of drug-likeness (QED) is 0.537. The predicted molar refractivity (Wildman–Crippen MR) is 95.3 cm³/mol. The van der Waals surface area contributed by atoms with Crippen molar-refractivity contribution in [2.45, 2.75) is 10.4 Å². The van der Waals surface area contributed by atoms with Crippen LogP contribution in [0.3, 0.4) is 0 Å². The zero-order valence-electron chi connectivity index (χ0n) is 12.0. The van der Waals surface area contributed by atoms with Gasteiger partial charge in [-0.2, -0.15) is 0 Å². The van der Waals surface area contributed by atoms with E-state index in [-0.39, 0.29) is 18.9 Å². The minimum Gasteiger partial charge on any atom is -0.456 e. The summed E-state index contributed by atoms with van der Waals surface area (Å²) in [6, 6.07) is 9.77. The third-order valence-electron chi connectivity index (χ3n) is 2.80. The molecule has 1 aromatic carbocycles. The van der Waals surface area contributed by atoms with Gasteiger partial charge in [-0.15, -0.1) is 11.8 Å². The molecule has 124 valence electrons. The van der Waals surface area contributed by atoms with Gasteiger partial charge < -0.3 is 9.47 Å². The van der Waals surface area contributed by atoms with E-state index >= 15 is 0 Å². The van der Waals surface area contributed by atoms with Gasteiger partial charge in [-0.25, -0.2) is 9.79 Å². The third kappa shape index (κ3) is 6.73.